The smallest absolute Gasteiger partial charge is 0.0411 e. The first-order valence-corrected chi connectivity index (χ1v) is 4.63. The molecule has 0 spiro atoms. The molecule has 0 aliphatic rings. The fourth-order valence-corrected chi connectivity index (χ4v) is 1.37. The maximum Gasteiger partial charge on any atom is 0.0411 e. The van der Waals surface area contributed by atoms with Crippen LogP contribution in [0.1, 0.15) is 19.4 Å². The zero-order chi connectivity index (χ0) is 9.68. The molecule has 1 rings (SSSR count). The molecule has 0 atom stereocenters. The summed E-state index contributed by atoms with van der Waals surface area (Å²) in [6, 6.07) is 10.0. The van der Waals surface area contributed by atoms with E-state index < -0.39 is 0 Å². The first-order chi connectivity index (χ1) is 6.18. The van der Waals surface area contributed by atoms with Gasteiger partial charge in [0, 0.05) is 5.03 Å². The Labute approximate surface area is 84.5 Å². The lowest BCUT2D eigenvalue weighted by molar-refractivity contribution is 1.39. The Morgan fingerprint density at radius 3 is 2.31 bits per heavy atom. The average Bonchev–Trinajstić information content (AvgIpc) is 2.04. The molecule has 0 nitrogen and oxygen atoms in total. The molecule has 1 heteroatoms. The highest BCUT2D eigenvalue weighted by Gasteiger charge is 1.88. The number of benzene rings is 1. The van der Waals surface area contributed by atoms with Crippen molar-refractivity contribution in [2.24, 2.45) is 0 Å². The molecule has 0 radical (unpaired) electrons. The minimum atomic E-state index is 0.770. The van der Waals surface area contributed by atoms with Crippen molar-refractivity contribution >= 4 is 17.7 Å². The molecule has 0 unspecified atom stereocenters. The molecule has 68 valence electrons. The summed E-state index contributed by atoms with van der Waals surface area (Å²) in [6.07, 6.45) is 3.91. The summed E-state index contributed by atoms with van der Waals surface area (Å²) in [7, 11) is 0. The molecule has 0 saturated heterocycles. The Balaban J connectivity index is 2.83. The van der Waals surface area contributed by atoms with Crippen LogP contribution in [0, 0.1) is 0 Å². The molecule has 0 bridgehead atoms. The molecule has 1 aromatic rings. The quantitative estimate of drug-likeness (QED) is 0.616. The molecular weight excluding hydrogens is 180 g/mol. The molecular formula is C12H13Cl. The summed E-state index contributed by atoms with van der Waals surface area (Å²) in [5.41, 5.74) is 2.34. The molecule has 0 amide bonds. The predicted molar refractivity (Wildman–Crippen MR) is 59.7 cm³/mol. The highest BCUT2D eigenvalue weighted by molar-refractivity contribution is 6.33. The van der Waals surface area contributed by atoms with Gasteiger partial charge in [-0.1, -0.05) is 47.5 Å². The minimum absolute atomic E-state index is 0.770. The number of rotatable bonds is 2. The highest BCUT2D eigenvalue weighted by atomic mass is 35.5. The van der Waals surface area contributed by atoms with Gasteiger partial charge in [0.15, 0.2) is 0 Å². The van der Waals surface area contributed by atoms with Crippen LogP contribution in [0.25, 0.3) is 6.08 Å². The van der Waals surface area contributed by atoms with Crippen LogP contribution >= 0.6 is 11.6 Å². The van der Waals surface area contributed by atoms with Gasteiger partial charge in [0.2, 0.25) is 0 Å². The van der Waals surface area contributed by atoms with Crippen molar-refractivity contribution < 1.29 is 0 Å². The van der Waals surface area contributed by atoms with Crippen molar-refractivity contribution in [1.29, 1.82) is 0 Å². The maximum atomic E-state index is 6.00. The molecule has 0 aliphatic carbocycles. The van der Waals surface area contributed by atoms with Gasteiger partial charge in [0.1, 0.15) is 0 Å². The fourth-order valence-electron chi connectivity index (χ4n) is 1.03. The summed E-state index contributed by atoms with van der Waals surface area (Å²) in [5, 5.41) is 0.770. The van der Waals surface area contributed by atoms with E-state index in [9.17, 15) is 0 Å². The van der Waals surface area contributed by atoms with Gasteiger partial charge >= 0.3 is 0 Å². The third kappa shape index (κ3) is 3.95. The average molecular weight is 193 g/mol. The van der Waals surface area contributed by atoms with E-state index >= 15 is 0 Å². The van der Waals surface area contributed by atoms with Crippen LogP contribution in [-0.4, -0.2) is 0 Å². The van der Waals surface area contributed by atoms with Gasteiger partial charge in [0.05, 0.1) is 0 Å². The van der Waals surface area contributed by atoms with E-state index in [4.69, 9.17) is 11.6 Å². The second kappa shape index (κ2) is 4.88. The van der Waals surface area contributed by atoms with Gasteiger partial charge in [-0.05, 0) is 31.6 Å². The molecule has 0 fully saturated rings. The van der Waals surface area contributed by atoms with E-state index in [1.165, 1.54) is 5.57 Å². The topological polar surface area (TPSA) is 0 Å². The number of allylic oxidation sites excluding steroid dienone is 3. The number of halogens is 1. The Hall–Kier alpha value is -1.01. The van der Waals surface area contributed by atoms with Crippen molar-refractivity contribution in [3.63, 3.8) is 0 Å². The van der Waals surface area contributed by atoms with Gasteiger partial charge in [-0.15, -0.1) is 0 Å². The molecule has 0 N–H and O–H groups in total. The Bertz CT molecular complexity index is 316. The van der Waals surface area contributed by atoms with Crippen LogP contribution in [0.3, 0.4) is 0 Å². The van der Waals surface area contributed by atoms with Gasteiger partial charge < -0.3 is 0 Å². The van der Waals surface area contributed by atoms with Crippen molar-refractivity contribution in [1.82, 2.24) is 0 Å². The number of hydrogen-bond donors (Lipinski definition) is 0. The second-order valence-corrected chi connectivity index (χ2v) is 3.60. The summed E-state index contributed by atoms with van der Waals surface area (Å²) in [4.78, 5) is 0. The van der Waals surface area contributed by atoms with Crippen LogP contribution in [0.4, 0.5) is 0 Å². The van der Waals surface area contributed by atoms with E-state index in [2.05, 4.69) is 0 Å². The van der Waals surface area contributed by atoms with E-state index in [-0.39, 0.29) is 0 Å². The van der Waals surface area contributed by atoms with Crippen LogP contribution < -0.4 is 0 Å². The summed E-state index contributed by atoms with van der Waals surface area (Å²) in [5.74, 6) is 0. The standard InChI is InChI=1S/C12H13Cl/c1-10(2)8-12(13)9-11-6-4-3-5-7-11/h3-9H,1-2H3/b12-9+. The first kappa shape index (κ1) is 10.1. The Morgan fingerprint density at radius 2 is 1.77 bits per heavy atom. The van der Waals surface area contributed by atoms with Crippen LogP contribution in [0.5, 0.6) is 0 Å². The lowest BCUT2D eigenvalue weighted by Crippen LogP contribution is -1.71. The molecule has 0 aliphatic heterocycles. The van der Waals surface area contributed by atoms with E-state index in [1.807, 2.05) is 56.3 Å². The zero-order valence-electron chi connectivity index (χ0n) is 7.92. The van der Waals surface area contributed by atoms with Gasteiger partial charge in [-0.3, -0.25) is 0 Å². The largest absolute Gasteiger partial charge is 0.0843 e. The molecule has 0 heterocycles. The van der Waals surface area contributed by atoms with Crippen molar-refractivity contribution in [2.75, 3.05) is 0 Å². The molecule has 0 aromatic heterocycles. The summed E-state index contributed by atoms with van der Waals surface area (Å²) >= 11 is 6.00. The third-order valence-corrected chi connectivity index (χ3v) is 1.75. The molecule has 13 heavy (non-hydrogen) atoms. The van der Waals surface area contributed by atoms with Crippen molar-refractivity contribution in [3.8, 4) is 0 Å². The predicted octanol–water partition coefficient (Wildman–Crippen LogP) is 4.23. The lowest BCUT2D eigenvalue weighted by Gasteiger charge is -1.93. The van der Waals surface area contributed by atoms with Gasteiger partial charge in [-0.2, -0.15) is 0 Å². The second-order valence-electron chi connectivity index (χ2n) is 3.16. The number of hydrogen-bond acceptors (Lipinski definition) is 0. The van der Waals surface area contributed by atoms with Crippen molar-refractivity contribution in [3.05, 3.63) is 52.6 Å². The first-order valence-electron chi connectivity index (χ1n) is 4.25. The van der Waals surface area contributed by atoms with Gasteiger partial charge in [0.25, 0.3) is 0 Å². The molecule has 1 aromatic carbocycles. The van der Waals surface area contributed by atoms with E-state index in [0.29, 0.717) is 0 Å². The van der Waals surface area contributed by atoms with E-state index in [1.54, 1.807) is 0 Å². The summed E-state index contributed by atoms with van der Waals surface area (Å²) in [6.45, 7) is 4.06. The monoisotopic (exact) mass is 192 g/mol. The van der Waals surface area contributed by atoms with E-state index in [0.717, 1.165) is 10.6 Å². The Kier molecular flexibility index (Phi) is 3.78. The normalized spacial score (nSPS) is 11.2. The van der Waals surface area contributed by atoms with Gasteiger partial charge in [-0.25, -0.2) is 0 Å². The minimum Gasteiger partial charge on any atom is -0.0843 e. The van der Waals surface area contributed by atoms with Crippen LogP contribution in [0.15, 0.2) is 47.0 Å². The fraction of sp³-hybridized carbons (Fsp3) is 0.167. The molecule has 0 saturated carbocycles. The maximum absolute atomic E-state index is 6.00. The summed E-state index contributed by atoms with van der Waals surface area (Å²) < 4.78 is 0. The SMILES string of the molecule is CC(C)=C/C(Cl)=C\c1ccccc1. The highest BCUT2D eigenvalue weighted by Crippen LogP contribution is 2.12. The van der Waals surface area contributed by atoms with Crippen molar-refractivity contribution in [2.45, 2.75) is 13.8 Å². The van der Waals surface area contributed by atoms with Crippen LogP contribution in [0.2, 0.25) is 0 Å². The van der Waals surface area contributed by atoms with Crippen LogP contribution in [-0.2, 0) is 0 Å². The Morgan fingerprint density at radius 1 is 1.15 bits per heavy atom. The zero-order valence-corrected chi connectivity index (χ0v) is 8.68. The third-order valence-electron chi connectivity index (χ3n) is 1.53. The lowest BCUT2D eigenvalue weighted by atomic mass is 10.2.